The van der Waals surface area contributed by atoms with Gasteiger partial charge in [0.25, 0.3) is 0 Å². The Kier molecular flexibility index (Phi) is 5.77. The summed E-state index contributed by atoms with van der Waals surface area (Å²) in [6.45, 7) is -4.63. The molecule has 1 saturated heterocycles. The molecule has 6 N–H and O–H groups in total. The second kappa shape index (κ2) is 7.62. The van der Waals surface area contributed by atoms with E-state index in [2.05, 4.69) is 26.8 Å². The number of aliphatic hydroxyl groups excluding tert-OH is 1. The maximum absolute atomic E-state index is 11.4. The van der Waals surface area contributed by atoms with Crippen LogP contribution in [0.3, 0.4) is 0 Å². The quantitative estimate of drug-likeness (QED) is 0.333. The lowest BCUT2D eigenvalue weighted by Crippen LogP contribution is -2.48. The smallest absolute Gasteiger partial charge is 0.322 e. The van der Waals surface area contributed by atoms with E-state index in [0.717, 1.165) is 0 Å². The van der Waals surface area contributed by atoms with Gasteiger partial charge < -0.3 is 35.2 Å². The number of anilines is 1. The first kappa shape index (κ1) is 20.5. The lowest BCUT2D eigenvalue weighted by atomic mass is 9.90. The maximum Gasteiger partial charge on any atom is 0.322 e. The molecule has 27 heavy (non-hydrogen) atoms. The monoisotopic (exact) mass is 421 g/mol. The number of nitrogens with two attached hydrogens (primary N) is 1. The van der Waals surface area contributed by atoms with Crippen molar-refractivity contribution >= 4 is 35.5 Å². The SMILES string of the molecule is COCC[C@@]1(O)[C@H](OP(O)(O)=S)[C@@H](CO)O[C@H]1n1cnc2c(N)ncnc21. The number of imidazole rings is 1. The number of ether oxygens (including phenoxy) is 2. The summed E-state index contributed by atoms with van der Waals surface area (Å²) in [5.74, 6) is 0.143. The molecule has 0 unspecified atom stereocenters. The van der Waals surface area contributed by atoms with E-state index in [4.69, 9.17) is 19.7 Å². The van der Waals surface area contributed by atoms with Gasteiger partial charge in [-0.3, -0.25) is 9.09 Å². The van der Waals surface area contributed by atoms with Gasteiger partial charge in [0.15, 0.2) is 17.7 Å². The van der Waals surface area contributed by atoms with Crippen molar-refractivity contribution in [2.45, 2.75) is 30.5 Å². The van der Waals surface area contributed by atoms with Gasteiger partial charge >= 0.3 is 6.72 Å². The highest BCUT2D eigenvalue weighted by atomic mass is 32.5. The summed E-state index contributed by atoms with van der Waals surface area (Å²) in [4.78, 5) is 31.3. The van der Waals surface area contributed by atoms with Gasteiger partial charge in [0.1, 0.15) is 29.7 Å². The second-order valence-corrected chi connectivity index (χ2v) is 8.66. The lowest BCUT2D eigenvalue weighted by molar-refractivity contribution is -0.116. The van der Waals surface area contributed by atoms with Crippen LogP contribution in [0.5, 0.6) is 0 Å². The molecule has 3 rings (SSSR count). The Balaban J connectivity index is 2.09. The van der Waals surface area contributed by atoms with Gasteiger partial charge in [-0.2, -0.15) is 0 Å². The van der Waals surface area contributed by atoms with Crippen LogP contribution in [0.2, 0.25) is 0 Å². The minimum atomic E-state index is -4.17. The fourth-order valence-electron chi connectivity index (χ4n) is 3.14. The van der Waals surface area contributed by atoms with E-state index in [1.54, 1.807) is 0 Å². The standard InChI is InChI=1S/C13H20N5O7PS/c1-23-3-2-13(20)9(25-26(21,22)27)7(4-19)24-12(13)18-6-17-8-10(14)15-5-16-11(8)18/h5-7,9,12,19-20H,2-4H2,1H3,(H2,14,15,16)(H2,21,22,27)/t7-,9-,12-,13-/m1/s1. The van der Waals surface area contributed by atoms with E-state index in [0.29, 0.717) is 5.52 Å². The van der Waals surface area contributed by atoms with E-state index in [-0.39, 0.29) is 24.5 Å². The molecule has 0 aromatic carbocycles. The number of nitrogen functional groups attached to an aromatic ring is 1. The van der Waals surface area contributed by atoms with Crippen LogP contribution in [0, 0.1) is 0 Å². The molecule has 0 aliphatic carbocycles. The van der Waals surface area contributed by atoms with Crippen molar-refractivity contribution in [2.24, 2.45) is 0 Å². The molecule has 2 aromatic rings. The van der Waals surface area contributed by atoms with Crippen LogP contribution in [0.15, 0.2) is 12.7 Å². The first-order valence-electron chi connectivity index (χ1n) is 7.86. The van der Waals surface area contributed by atoms with Crippen LogP contribution in [0.25, 0.3) is 11.2 Å². The van der Waals surface area contributed by atoms with Crippen molar-refractivity contribution in [3.8, 4) is 0 Å². The van der Waals surface area contributed by atoms with Gasteiger partial charge in [-0.25, -0.2) is 15.0 Å². The Morgan fingerprint density at radius 2 is 2.15 bits per heavy atom. The van der Waals surface area contributed by atoms with E-state index >= 15 is 0 Å². The van der Waals surface area contributed by atoms with Crippen molar-refractivity contribution in [2.75, 3.05) is 26.1 Å². The number of hydrogen-bond acceptors (Lipinski definition) is 10. The Bertz CT molecular complexity index is 863. The lowest BCUT2D eigenvalue weighted by Gasteiger charge is -2.34. The zero-order valence-electron chi connectivity index (χ0n) is 14.2. The number of methoxy groups -OCH3 is 1. The van der Waals surface area contributed by atoms with Crippen molar-refractivity contribution in [3.05, 3.63) is 12.7 Å². The topological polar surface area (TPSA) is 178 Å². The summed E-state index contributed by atoms with van der Waals surface area (Å²) in [6, 6.07) is 0. The van der Waals surface area contributed by atoms with E-state index in [1.165, 1.54) is 24.3 Å². The van der Waals surface area contributed by atoms with Gasteiger partial charge in [0.05, 0.1) is 12.9 Å². The zero-order chi connectivity index (χ0) is 19.8. The molecule has 2 aromatic heterocycles. The van der Waals surface area contributed by atoms with Crippen LogP contribution in [-0.2, 0) is 25.8 Å². The minimum absolute atomic E-state index is 0.0229. The molecule has 12 nitrogen and oxygen atoms in total. The van der Waals surface area contributed by atoms with Crippen LogP contribution >= 0.6 is 6.72 Å². The highest BCUT2D eigenvalue weighted by molar-refractivity contribution is 8.06. The normalized spacial score (nSPS) is 28.9. The number of rotatable bonds is 7. The maximum atomic E-state index is 11.4. The molecule has 4 atom stereocenters. The number of aromatic nitrogens is 4. The van der Waals surface area contributed by atoms with Crippen LogP contribution < -0.4 is 5.73 Å². The summed E-state index contributed by atoms with van der Waals surface area (Å²) >= 11 is 4.53. The summed E-state index contributed by atoms with van der Waals surface area (Å²) in [5.41, 5.74) is 4.53. The number of hydrogen-bond donors (Lipinski definition) is 5. The van der Waals surface area contributed by atoms with Gasteiger partial charge in [-0.15, -0.1) is 0 Å². The highest BCUT2D eigenvalue weighted by Crippen LogP contribution is 2.50. The van der Waals surface area contributed by atoms with Gasteiger partial charge in [-0.05, 0) is 11.8 Å². The van der Waals surface area contributed by atoms with Crippen molar-refractivity contribution in [1.29, 1.82) is 0 Å². The molecule has 0 spiro atoms. The first-order valence-corrected chi connectivity index (χ1v) is 10.5. The van der Waals surface area contributed by atoms with Crippen LogP contribution in [0.1, 0.15) is 12.6 Å². The molecule has 0 amide bonds. The molecule has 1 aliphatic heterocycles. The molecule has 1 aliphatic rings. The summed E-state index contributed by atoms with van der Waals surface area (Å²) in [6.07, 6.45) is -1.00. The average molecular weight is 421 g/mol. The molecule has 0 saturated carbocycles. The summed E-state index contributed by atoms with van der Waals surface area (Å²) in [7, 11) is 1.44. The third-order valence-corrected chi connectivity index (χ3v) is 5.10. The number of nitrogens with zero attached hydrogens (tertiary/aromatic N) is 4. The van der Waals surface area contributed by atoms with E-state index in [1.807, 2.05) is 0 Å². The molecule has 14 heteroatoms. The second-order valence-electron chi connectivity index (χ2n) is 6.04. The molecular formula is C13H20N5O7PS. The third kappa shape index (κ3) is 3.83. The molecular weight excluding hydrogens is 401 g/mol. The molecule has 1 fully saturated rings. The van der Waals surface area contributed by atoms with E-state index in [9.17, 15) is 20.0 Å². The minimum Gasteiger partial charge on any atom is -0.394 e. The zero-order valence-corrected chi connectivity index (χ0v) is 16.0. The first-order chi connectivity index (χ1) is 12.7. The van der Waals surface area contributed by atoms with E-state index < -0.39 is 37.4 Å². The van der Waals surface area contributed by atoms with Gasteiger partial charge in [0.2, 0.25) is 0 Å². The Morgan fingerprint density at radius 1 is 1.41 bits per heavy atom. The summed E-state index contributed by atoms with van der Waals surface area (Å²) in [5, 5.41) is 21.1. The molecule has 0 bridgehead atoms. The predicted octanol–water partition coefficient (Wildman–Crippen LogP) is -1.34. The summed E-state index contributed by atoms with van der Waals surface area (Å²) < 4.78 is 17.4. The van der Waals surface area contributed by atoms with Crippen molar-refractivity contribution < 1.29 is 34.0 Å². The molecule has 3 heterocycles. The van der Waals surface area contributed by atoms with Gasteiger partial charge in [0, 0.05) is 20.1 Å². The third-order valence-electron chi connectivity index (χ3n) is 4.34. The van der Waals surface area contributed by atoms with Gasteiger partial charge in [-0.1, -0.05) is 0 Å². The van der Waals surface area contributed by atoms with Crippen LogP contribution in [0.4, 0.5) is 5.82 Å². The van der Waals surface area contributed by atoms with Crippen molar-refractivity contribution in [1.82, 2.24) is 19.5 Å². The fraction of sp³-hybridized carbons (Fsp3) is 0.615. The Labute approximate surface area is 158 Å². The fourth-order valence-corrected chi connectivity index (χ4v) is 4.03. The molecule has 0 radical (unpaired) electrons. The number of aliphatic hydroxyl groups is 2. The Hall–Kier alpha value is -1.28. The average Bonchev–Trinajstić information content (AvgIpc) is 3.13. The molecule has 150 valence electrons. The Morgan fingerprint density at radius 3 is 2.78 bits per heavy atom. The van der Waals surface area contributed by atoms with Crippen LogP contribution in [-0.4, -0.2) is 77.7 Å². The predicted molar refractivity (Wildman–Crippen MR) is 95.8 cm³/mol. The highest BCUT2D eigenvalue weighted by Gasteiger charge is 2.58. The van der Waals surface area contributed by atoms with Crippen molar-refractivity contribution in [3.63, 3.8) is 0 Å². The largest absolute Gasteiger partial charge is 0.394 e. The number of fused-ring (bicyclic) bond motifs is 1.